The highest BCUT2D eigenvalue weighted by molar-refractivity contribution is 9.10. The molecule has 1 aliphatic carbocycles. The van der Waals surface area contributed by atoms with Crippen molar-refractivity contribution in [3.05, 3.63) is 28.2 Å². The molecule has 0 heterocycles. The molecule has 1 aromatic carbocycles. The number of hydrogen-bond donors (Lipinski definition) is 2. The van der Waals surface area contributed by atoms with Crippen molar-refractivity contribution < 1.29 is 9.84 Å². The van der Waals surface area contributed by atoms with E-state index in [1.54, 1.807) is 0 Å². The highest BCUT2D eigenvalue weighted by Crippen LogP contribution is 2.26. The Hall–Kier alpha value is -0.580. The first-order valence-corrected chi connectivity index (χ1v) is 8.64. The van der Waals surface area contributed by atoms with E-state index in [1.165, 1.54) is 12.8 Å². The van der Waals surface area contributed by atoms with Gasteiger partial charge >= 0.3 is 0 Å². The molecule has 1 atom stereocenters. The van der Waals surface area contributed by atoms with Gasteiger partial charge in [0.15, 0.2) is 0 Å². The largest absolute Gasteiger partial charge is 0.389 e. The molecular weight excluding hydrogens is 330 g/mol. The van der Waals surface area contributed by atoms with E-state index in [2.05, 4.69) is 35.1 Å². The summed E-state index contributed by atoms with van der Waals surface area (Å²) in [5, 5.41) is 13.3. The number of anilines is 1. The molecule has 0 bridgehead atoms. The van der Waals surface area contributed by atoms with Crippen molar-refractivity contribution in [2.75, 3.05) is 18.5 Å². The maximum Gasteiger partial charge on any atom is 0.0945 e. The first-order valence-electron chi connectivity index (χ1n) is 7.85. The second-order valence-corrected chi connectivity index (χ2v) is 7.02. The average molecular weight is 356 g/mol. The van der Waals surface area contributed by atoms with E-state index in [-0.39, 0.29) is 0 Å². The molecule has 0 amide bonds. The minimum atomic E-state index is -0.470. The summed E-state index contributed by atoms with van der Waals surface area (Å²) >= 11 is 3.51. The zero-order valence-electron chi connectivity index (χ0n) is 12.9. The van der Waals surface area contributed by atoms with Gasteiger partial charge in [-0.3, -0.25) is 0 Å². The molecule has 0 spiro atoms. The highest BCUT2D eigenvalue weighted by atomic mass is 79.9. The van der Waals surface area contributed by atoms with E-state index in [4.69, 9.17) is 4.74 Å². The zero-order chi connectivity index (χ0) is 15.2. The third-order valence-corrected chi connectivity index (χ3v) is 5.14. The van der Waals surface area contributed by atoms with E-state index in [1.807, 2.05) is 18.2 Å². The number of aliphatic hydroxyl groups excluding tert-OH is 1. The highest BCUT2D eigenvalue weighted by Gasteiger charge is 2.19. The molecule has 1 saturated carbocycles. The van der Waals surface area contributed by atoms with Crippen LogP contribution in [0, 0.1) is 12.8 Å². The van der Waals surface area contributed by atoms with Gasteiger partial charge in [0, 0.05) is 16.7 Å². The standard InChI is InChI=1S/C17H26BrNO2/c1-12-6-8-15(9-7-12)21-11-14(20)10-19-17-5-3-4-16(18)13(17)2/h3-5,12,14-15,19-20H,6-11H2,1-2H3. The lowest BCUT2D eigenvalue weighted by Gasteiger charge is -2.27. The molecule has 1 aliphatic rings. The van der Waals surface area contributed by atoms with Gasteiger partial charge in [-0.15, -0.1) is 0 Å². The van der Waals surface area contributed by atoms with Crippen molar-refractivity contribution in [2.24, 2.45) is 5.92 Å². The Morgan fingerprint density at radius 3 is 2.76 bits per heavy atom. The van der Waals surface area contributed by atoms with Crippen molar-refractivity contribution in [1.82, 2.24) is 0 Å². The first kappa shape index (κ1) is 16.8. The first-order chi connectivity index (χ1) is 10.1. The quantitative estimate of drug-likeness (QED) is 0.806. The molecule has 0 radical (unpaired) electrons. The number of benzene rings is 1. The molecule has 0 saturated heterocycles. The van der Waals surface area contributed by atoms with Gasteiger partial charge in [0.25, 0.3) is 0 Å². The van der Waals surface area contributed by atoms with Gasteiger partial charge in [-0.05, 0) is 56.2 Å². The lowest BCUT2D eigenvalue weighted by atomic mass is 9.89. The SMILES string of the molecule is Cc1c(Br)cccc1NCC(O)COC1CCC(C)CC1. The molecule has 2 N–H and O–H groups in total. The van der Waals surface area contributed by atoms with E-state index >= 15 is 0 Å². The Kier molecular flexibility index (Phi) is 6.52. The molecule has 1 unspecified atom stereocenters. The molecule has 2 rings (SSSR count). The lowest BCUT2D eigenvalue weighted by molar-refractivity contribution is -0.0245. The summed E-state index contributed by atoms with van der Waals surface area (Å²) < 4.78 is 6.91. The van der Waals surface area contributed by atoms with Crippen molar-refractivity contribution in [3.8, 4) is 0 Å². The van der Waals surface area contributed by atoms with Crippen LogP contribution in [0.5, 0.6) is 0 Å². The minimum Gasteiger partial charge on any atom is -0.389 e. The average Bonchev–Trinajstić information content (AvgIpc) is 2.48. The molecule has 1 fully saturated rings. The second kappa shape index (κ2) is 8.16. The van der Waals surface area contributed by atoms with Crippen molar-refractivity contribution in [3.63, 3.8) is 0 Å². The molecule has 118 valence electrons. The van der Waals surface area contributed by atoms with Gasteiger partial charge in [-0.2, -0.15) is 0 Å². The zero-order valence-corrected chi connectivity index (χ0v) is 14.5. The Bertz CT molecular complexity index is 444. The molecule has 3 nitrogen and oxygen atoms in total. The summed E-state index contributed by atoms with van der Waals surface area (Å²) in [6, 6.07) is 6.03. The number of halogens is 1. The molecular formula is C17H26BrNO2. The van der Waals surface area contributed by atoms with Crippen molar-refractivity contribution >= 4 is 21.6 Å². The van der Waals surface area contributed by atoms with Gasteiger partial charge < -0.3 is 15.2 Å². The Morgan fingerprint density at radius 2 is 2.05 bits per heavy atom. The summed E-state index contributed by atoms with van der Waals surface area (Å²) in [6.45, 7) is 5.29. The number of rotatable bonds is 6. The van der Waals surface area contributed by atoms with Crippen LogP contribution in [0.2, 0.25) is 0 Å². The van der Waals surface area contributed by atoms with Crippen molar-refractivity contribution in [2.45, 2.75) is 51.7 Å². The Morgan fingerprint density at radius 1 is 1.33 bits per heavy atom. The summed E-state index contributed by atoms with van der Waals surface area (Å²) in [6.07, 6.45) is 4.62. The van der Waals surface area contributed by atoms with E-state index in [0.717, 1.165) is 34.5 Å². The Balaban J connectivity index is 1.70. The topological polar surface area (TPSA) is 41.5 Å². The van der Waals surface area contributed by atoms with Crippen LogP contribution in [-0.4, -0.2) is 30.5 Å². The van der Waals surface area contributed by atoms with Crippen LogP contribution in [0.25, 0.3) is 0 Å². The van der Waals surface area contributed by atoms with Crippen LogP contribution in [0.1, 0.15) is 38.2 Å². The third-order valence-electron chi connectivity index (χ3n) is 4.28. The van der Waals surface area contributed by atoms with E-state index < -0.39 is 6.10 Å². The van der Waals surface area contributed by atoms with Gasteiger partial charge in [-0.25, -0.2) is 0 Å². The maximum absolute atomic E-state index is 10.1. The molecule has 21 heavy (non-hydrogen) atoms. The van der Waals surface area contributed by atoms with Crippen LogP contribution >= 0.6 is 15.9 Å². The summed E-state index contributed by atoms with van der Waals surface area (Å²) in [7, 11) is 0. The number of ether oxygens (including phenoxy) is 1. The van der Waals surface area contributed by atoms with Gasteiger partial charge in [0.2, 0.25) is 0 Å². The molecule has 4 heteroatoms. The van der Waals surface area contributed by atoms with Gasteiger partial charge in [0.1, 0.15) is 0 Å². The smallest absolute Gasteiger partial charge is 0.0945 e. The van der Waals surface area contributed by atoms with Gasteiger partial charge in [0.05, 0.1) is 18.8 Å². The summed E-state index contributed by atoms with van der Waals surface area (Å²) in [4.78, 5) is 0. The molecule has 1 aromatic rings. The fourth-order valence-electron chi connectivity index (χ4n) is 2.73. The molecule has 0 aromatic heterocycles. The summed E-state index contributed by atoms with van der Waals surface area (Å²) in [5.41, 5.74) is 2.21. The summed E-state index contributed by atoms with van der Waals surface area (Å²) in [5.74, 6) is 0.830. The number of hydrogen-bond acceptors (Lipinski definition) is 3. The minimum absolute atomic E-state index is 0.337. The van der Waals surface area contributed by atoms with Crippen molar-refractivity contribution in [1.29, 1.82) is 0 Å². The van der Waals surface area contributed by atoms with Crippen LogP contribution in [0.15, 0.2) is 22.7 Å². The Labute approximate surface area is 136 Å². The maximum atomic E-state index is 10.1. The lowest BCUT2D eigenvalue weighted by Crippen LogP contribution is -2.29. The second-order valence-electron chi connectivity index (χ2n) is 6.16. The van der Waals surface area contributed by atoms with Crippen LogP contribution < -0.4 is 5.32 Å². The fourth-order valence-corrected chi connectivity index (χ4v) is 3.10. The normalized spacial score (nSPS) is 23.8. The predicted octanol–water partition coefficient (Wildman–Crippen LogP) is 4.13. The predicted molar refractivity (Wildman–Crippen MR) is 90.7 cm³/mol. The monoisotopic (exact) mass is 355 g/mol. The molecule has 0 aliphatic heterocycles. The van der Waals surface area contributed by atoms with Gasteiger partial charge in [-0.1, -0.05) is 28.9 Å². The van der Waals surface area contributed by atoms with E-state index in [0.29, 0.717) is 19.3 Å². The number of aliphatic hydroxyl groups is 1. The van der Waals surface area contributed by atoms with Crippen LogP contribution in [0.3, 0.4) is 0 Å². The van der Waals surface area contributed by atoms with E-state index in [9.17, 15) is 5.11 Å². The van der Waals surface area contributed by atoms with Crippen LogP contribution in [0.4, 0.5) is 5.69 Å². The number of nitrogens with one attached hydrogen (secondary N) is 1. The van der Waals surface area contributed by atoms with Crippen LogP contribution in [-0.2, 0) is 4.74 Å². The third kappa shape index (κ3) is 5.28. The fraction of sp³-hybridized carbons (Fsp3) is 0.647.